The largest absolute Gasteiger partial charge is 0.323 e. The van der Waals surface area contributed by atoms with Crippen LogP contribution in [0.1, 0.15) is 5.56 Å². The monoisotopic (exact) mass is 415 g/mol. The lowest BCUT2D eigenvalue weighted by atomic mass is 10.2. The van der Waals surface area contributed by atoms with Crippen LogP contribution in [0.2, 0.25) is 0 Å². The summed E-state index contributed by atoms with van der Waals surface area (Å²) in [6.45, 7) is 1.96. The van der Waals surface area contributed by atoms with Crippen LogP contribution in [-0.2, 0) is 11.3 Å². The van der Waals surface area contributed by atoms with Crippen molar-refractivity contribution >= 4 is 33.2 Å². The van der Waals surface area contributed by atoms with Gasteiger partial charge in [-0.25, -0.2) is 9.67 Å². The average molecular weight is 416 g/mol. The average Bonchev–Trinajstić information content (AvgIpc) is 3.06. The summed E-state index contributed by atoms with van der Waals surface area (Å²) >= 11 is 3.41. The van der Waals surface area contributed by atoms with Crippen molar-refractivity contribution in [3.63, 3.8) is 0 Å². The molecule has 0 saturated carbocycles. The molecular weight excluding hydrogens is 402 g/mol. The Kier molecular flexibility index (Phi) is 5.08. The minimum absolute atomic E-state index is 0.000295. The molecule has 3 rings (SSSR count). The second-order valence-corrected chi connectivity index (χ2v) is 6.46. The van der Waals surface area contributed by atoms with Crippen LogP contribution >= 0.6 is 15.9 Å². The van der Waals surface area contributed by atoms with Crippen molar-refractivity contribution in [2.45, 2.75) is 13.5 Å². The number of carbonyl (C=O) groups is 1. The van der Waals surface area contributed by atoms with Gasteiger partial charge in [-0.15, -0.1) is 0 Å². The molecule has 0 saturated heterocycles. The summed E-state index contributed by atoms with van der Waals surface area (Å²) in [5.74, 6) is 0.152. The molecule has 1 N–H and O–H groups in total. The summed E-state index contributed by atoms with van der Waals surface area (Å²) in [5.41, 5.74) is 2.39. The molecule has 26 heavy (non-hydrogen) atoms. The molecule has 0 bridgehead atoms. The van der Waals surface area contributed by atoms with Crippen molar-refractivity contribution < 1.29 is 9.72 Å². The first-order valence-corrected chi connectivity index (χ1v) is 8.42. The van der Waals surface area contributed by atoms with Crippen molar-refractivity contribution in [1.82, 2.24) is 14.8 Å². The molecular formula is C17H14BrN5O3. The Hall–Kier alpha value is -3.07. The highest BCUT2D eigenvalue weighted by Crippen LogP contribution is 2.23. The molecule has 1 heterocycles. The standard InChI is InChI=1S/C17H14BrN5O3/c1-11-2-7-15(14(18)8-11)20-16(24)9-22-10-19-17(21-22)12-3-5-13(6-4-12)23(25)26/h2-8,10H,9H2,1H3,(H,20,24). The van der Waals surface area contributed by atoms with Crippen LogP contribution in [0, 0.1) is 17.0 Å². The van der Waals surface area contributed by atoms with Gasteiger partial charge in [-0.05, 0) is 52.7 Å². The summed E-state index contributed by atoms with van der Waals surface area (Å²) in [5, 5.41) is 17.7. The molecule has 0 aliphatic heterocycles. The Labute approximate surface area is 157 Å². The van der Waals surface area contributed by atoms with E-state index in [2.05, 4.69) is 31.3 Å². The highest BCUT2D eigenvalue weighted by molar-refractivity contribution is 9.10. The number of nitrogens with zero attached hydrogens (tertiary/aromatic N) is 4. The highest BCUT2D eigenvalue weighted by atomic mass is 79.9. The zero-order valence-corrected chi connectivity index (χ0v) is 15.3. The normalized spacial score (nSPS) is 10.5. The molecule has 0 aliphatic rings. The third-order valence-corrected chi connectivity index (χ3v) is 4.23. The van der Waals surface area contributed by atoms with Gasteiger partial charge in [0.25, 0.3) is 5.69 Å². The molecule has 132 valence electrons. The predicted molar refractivity (Wildman–Crippen MR) is 99.6 cm³/mol. The Morgan fingerprint density at radius 1 is 1.27 bits per heavy atom. The molecule has 1 amide bonds. The number of benzene rings is 2. The summed E-state index contributed by atoms with van der Waals surface area (Å²) < 4.78 is 2.21. The molecule has 1 aromatic heterocycles. The number of anilines is 1. The number of nitrogens with one attached hydrogen (secondary N) is 1. The quantitative estimate of drug-likeness (QED) is 0.506. The van der Waals surface area contributed by atoms with E-state index in [1.807, 2.05) is 25.1 Å². The Morgan fingerprint density at radius 3 is 2.65 bits per heavy atom. The number of hydrogen-bond acceptors (Lipinski definition) is 5. The number of aromatic nitrogens is 3. The van der Waals surface area contributed by atoms with E-state index in [1.165, 1.54) is 23.1 Å². The van der Waals surface area contributed by atoms with Gasteiger partial charge in [0.1, 0.15) is 12.9 Å². The zero-order valence-electron chi connectivity index (χ0n) is 13.7. The van der Waals surface area contributed by atoms with Crippen LogP contribution in [0.4, 0.5) is 11.4 Å². The molecule has 0 aliphatic carbocycles. The topological polar surface area (TPSA) is 103 Å². The minimum atomic E-state index is -0.469. The van der Waals surface area contributed by atoms with Gasteiger partial charge < -0.3 is 5.32 Å². The molecule has 0 radical (unpaired) electrons. The van der Waals surface area contributed by atoms with Crippen LogP contribution < -0.4 is 5.32 Å². The first-order valence-electron chi connectivity index (χ1n) is 7.62. The molecule has 0 atom stereocenters. The van der Waals surface area contributed by atoms with E-state index in [9.17, 15) is 14.9 Å². The number of carbonyl (C=O) groups excluding carboxylic acids is 1. The van der Waals surface area contributed by atoms with Crippen molar-refractivity contribution in [3.8, 4) is 11.4 Å². The molecule has 0 spiro atoms. The van der Waals surface area contributed by atoms with Gasteiger partial charge in [0.15, 0.2) is 5.82 Å². The fourth-order valence-electron chi connectivity index (χ4n) is 2.29. The predicted octanol–water partition coefficient (Wildman–Crippen LogP) is 3.56. The molecule has 8 nitrogen and oxygen atoms in total. The minimum Gasteiger partial charge on any atom is -0.323 e. The summed E-state index contributed by atoms with van der Waals surface area (Å²) in [4.78, 5) is 26.6. The van der Waals surface area contributed by atoms with E-state index in [0.717, 1.165) is 10.0 Å². The number of nitro benzene ring substituents is 1. The van der Waals surface area contributed by atoms with Gasteiger partial charge in [-0.1, -0.05) is 6.07 Å². The zero-order chi connectivity index (χ0) is 18.7. The number of nitro groups is 1. The third-order valence-electron chi connectivity index (χ3n) is 3.58. The molecule has 2 aromatic carbocycles. The van der Waals surface area contributed by atoms with E-state index < -0.39 is 4.92 Å². The van der Waals surface area contributed by atoms with Crippen LogP contribution in [0.5, 0.6) is 0 Å². The first kappa shape index (κ1) is 17.7. The Morgan fingerprint density at radius 2 is 2.00 bits per heavy atom. The molecule has 3 aromatic rings. The molecule has 9 heteroatoms. The Bertz CT molecular complexity index is 969. The van der Waals surface area contributed by atoms with Gasteiger partial charge in [0, 0.05) is 22.2 Å². The van der Waals surface area contributed by atoms with Crippen LogP contribution in [0.3, 0.4) is 0 Å². The SMILES string of the molecule is Cc1ccc(NC(=O)Cn2cnc(-c3ccc([N+](=O)[O-])cc3)n2)c(Br)c1. The van der Waals surface area contributed by atoms with Crippen molar-refractivity contribution in [1.29, 1.82) is 0 Å². The van der Waals surface area contributed by atoms with E-state index in [1.54, 1.807) is 12.1 Å². The lowest BCUT2D eigenvalue weighted by Crippen LogP contribution is -2.19. The van der Waals surface area contributed by atoms with Gasteiger partial charge in [-0.3, -0.25) is 14.9 Å². The Balaban J connectivity index is 1.67. The van der Waals surface area contributed by atoms with Crippen molar-refractivity contribution in [3.05, 3.63) is 68.9 Å². The fourth-order valence-corrected chi connectivity index (χ4v) is 2.89. The lowest BCUT2D eigenvalue weighted by Gasteiger charge is -2.08. The van der Waals surface area contributed by atoms with Crippen molar-refractivity contribution in [2.75, 3.05) is 5.32 Å². The molecule has 0 fully saturated rings. The van der Waals surface area contributed by atoms with Gasteiger partial charge in [0.05, 0.1) is 10.6 Å². The maximum Gasteiger partial charge on any atom is 0.269 e. The first-order chi connectivity index (χ1) is 12.4. The van der Waals surface area contributed by atoms with E-state index >= 15 is 0 Å². The van der Waals surface area contributed by atoms with Crippen LogP contribution in [0.15, 0.2) is 53.3 Å². The number of non-ortho nitro benzene ring substituents is 1. The molecule has 0 unspecified atom stereocenters. The fraction of sp³-hybridized carbons (Fsp3) is 0.118. The number of amides is 1. The van der Waals surface area contributed by atoms with E-state index in [-0.39, 0.29) is 18.1 Å². The van der Waals surface area contributed by atoms with Crippen LogP contribution in [-0.4, -0.2) is 25.6 Å². The number of aryl methyl sites for hydroxylation is 1. The van der Waals surface area contributed by atoms with E-state index in [0.29, 0.717) is 17.1 Å². The summed E-state index contributed by atoms with van der Waals surface area (Å²) in [6.07, 6.45) is 1.44. The van der Waals surface area contributed by atoms with Gasteiger partial charge >= 0.3 is 0 Å². The number of hydrogen-bond donors (Lipinski definition) is 1. The lowest BCUT2D eigenvalue weighted by molar-refractivity contribution is -0.384. The van der Waals surface area contributed by atoms with Crippen LogP contribution in [0.25, 0.3) is 11.4 Å². The maximum absolute atomic E-state index is 12.2. The smallest absolute Gasteiger partial charge is 0.269 e. The van der Waals surface area contributed by atoms with Gasteiger partial charge in [-0.2, -0.15) is 5.10 Å². The number of rotatable bonds is 5. The maximum atomic E-state index is 12.2. The van der Waals surface area contributed by atoms with Gasteiger partial charge in [0.2, 0.25) is 5.91 Å². The van der Waals surface area contributed by atoms with Crippen molar-refractivity contribution in [2.24, 2.45) is 0 Å². The summed E-state index contributed by atoms with van der Waals surface area (Å²) in [7, 11) is 0. The highest BCUT2D eigenvalue weighted by Gasteiger charge is 2.11. The second-order valence-electron chi connectivity index (χ2n) is 5.60. The second kappa shape index (κ2) is 7.44. The van der Waals surface area contributed by atoms with E-state index in [4.69, 9.17) is 0 Å². The number of halogens is 1. The third kappa shape index (κ3) is 4.12. The summed E-state index contributed by atoms with van der Waals surface area (Å²) in [6, 6.07) is 11.6.